The van der Waals surface area contributed by atoms with E-state index in [4.69, 9.17) is 0 Å². The summed E-state index contributed by atoms with van der Waals surface area (Å²) in [6.45, 7) is 4.39. The Morgan fingerprint density at radius 3 is 2.40 bits per heavy atom. The molecule has 1 aromatic rings. The third kappa shape index (κ3) is 3.59. The number of hydrogen-bond acceptors (Lipinski definition) is 1. The maximum absolute atomic E-state index is 12.5. The number of allylic oxidation sites excluding steroid dienone is 2. The summed E-state index contributed by atoms with van der Waals surface area (Å²) in [5.41, 5.74) is 3.93. The first-order chi connectivity index (χ1) is 9.76. The van der Waals surface area contributed by atoms with Crippen molar-refractivity contribution in [1.82, 2.24) is 0 Å². The van der Waals surface area contributed by atoms with Crippen LogP contribution in [0.25, 0.3) is 0 Å². The maximum atomic E-state index is 12.5. The number of Topliss-reactive ketones (excluding diaryl/α,β-unsaturated/α-hetero) is 1. The van der Waals surface area contributed by atoms with Crippen molar-refractivity contribution in [2.24, 2.45) is 0 Å². The second-order valence-corrected chi connectivity index (χ2v) is 5.87. The molecule has 0 aliphatic heterocycles. The van der Waals surface area contributed by atoms with Crippen LogP contribution in [0.4, 0.5) is 0 Å². The molecule has 1 atom stereocenters. The van der Waals surface area contributed by atoms with Gasteiger partial charge >= 0.3 is 0 Å². The second-order valence-electron chi connectivity index (χ2n) is 5.87. The van der Waals surface area contributed by atoms with Crippen LogP contribution in [0, 0.1) is 0 Å². The van der Waals surface area contributed by atoms with Gasteiger partial charge in [-0.1, -0.05) is 62.6 Å². The highest BCUT2D eigenvalue weighted by atomic mass is 16.1. The van der Waals surface area contributed by atoms with Gasteiger partial charge in [-0.2, -0.15) is 0 Å². The van der Waals surface area contributed by atoms with E-state index in [2.05, 4.69) is 38.1 Å². The van der Waals surface area contributed by atoms with Gasteiger partial charge in [-0.25, -0.2) is 0 Å². The van der Waals surface area contributed by atoms with Crippen LogP contribution in [-0.4, -0.2) is 5.78 Å². The van der Waals surface area contributed by atoms with Gasteiger partial charge in [0.15, 0.2) is 5.78 Å². The van der Waals surface area contributed by atoms with Crippen LogP contribution in [0.3, 0.4) is 0 Å². The van der Waals surface area contributed by atoms with E-state index in [0.29, 0.717) is 18.1 Å². The zero-order chi connectivity index (χ0) is 14.4. The normalized spacial score (nSPS) is 19.5. The van der Waals surface area contributed by atoms with E-state index >= 15 is 0 Å². The minimum absolute atomic E-state index is 0.399. The lowest BCUT2D eigenvalue weighted by molar-refractivity contribution is -0.116. The summed E-state index contributed by atoms with van der Waals surface area (Å²) in [5.74, 6) is 0.800. The Kier molecular flexibility index (Phi) is 5.58. The second kappa shape index (κ2) is 7.42. The molecule has 0 radical (unpaired) electrons. The molecule has 108 valence electrons. The van der Waals surface area contributed by atoms with E-state index in [-0.39, 0.29) is 0 Å². The number of ketones is 1. The number of unbranched alkanes of at least 4 members (excludes halogenated alkanes) is 1. The lowest BCUT2D eigenvalue weighted by Gasteiger charge is -2.27. The highest BCUT2D eigenvalue weighted by molar-refractivity contribution is 5.97. The summed E-state index contributed by atoms with van der Waals surface area (Å²) in [6, 6.07) is 10.5. The molecule has 0 aromatic heterocycles. The van der Waals surface area contributed by atoms with Crippen LogP contribution < -0.4 is 0 Å². The van der Waals surface area contributed by atoms with Gasteiger partial charge in [0, 0.05) is 6.42 Å². The zero-order valence-electron chi connectivity index (χ0n) is 12.8. The van der Waals surface area contributed by atoms with E-state index in [9.17, 15) is 4.79 Å². The molecule has 0 saturated heterocycles. The largest absolute Gasteiger partial charge is 0.295 e. The van der Waals surface area contributed by atoms with Gasteiger partial charge in [0.25, 0.3) is 0 Å². The number of rotatable bonds is 6. The van der Waals surface area contributed by atoms with E-state index in [1.54, 1.807) is 0 Å². The number of hydrogen-bond donors (Lipinski definition) is 0. The van der Waals surface area contributed by atoms with Crippen molar-refractivity contribution in [1.29, 1.82) is 0 Å². The molecule has 0 heterocycles. The van der Waals surface area contributed by atoms with Gasteiger partial charge in [-0.15, -0.1) is 0 Å². The van der Waals surface area contributed by atoms with Crippen molar-refractivity contribution in [2.45, 2.75) is 64.7 Å². The molecule has 1 unspecified atom stereocenters. The summed E-state index contributed by atoms with van der Waals surface area (Å²) in [4.78, 5) is 12.5. The standard InChI is InChI=1S/C19H26O/c1-3-5-10-16-13-17(15-11-7-6-8-12-15)14-19(20)18(16)9-4-2/h6-8,11-12,17H,3-5,9-10,13-14H2,1-2H3. The predicted molar refractivity (Wildman–Crippen MR) is 84.9 cm³/mol. The Morgan fingerprint density at radius 2 is 1.75 bits per heavy atom. The summed E-state index contributed by atoms with van der Waals surface area (Å²) in [6.07, 6.45) is 7.36. The first-order valence-corrected chi connectivity index (χ1v) is 8.05. The van der Waals surface area contributed by atoms with Crippen LogP contribution in [-0.2, 0) is 4.79 Å². The minimum Gasteiger partial charge on any atom is -0.295 e. The van der Waals surface area contributed by atoms with Crippen LogP contribution in [0.15, 0.2) is 41.5 Å². The fourth-order valence-electron chi connectivity index (χ4n) is 3.21. The van der Waals surface area contributed by atoms with E-state index in [1.165, 1.54) is 24.0 Å². The Bertz CT molecular complexity index is 470. The van der Waals surface area contributed by atoms with E-state index in [1.807, 2.05) is 6.07 Å². The summed E-state index contributed by atoms with van der Waals surface area (Å²) >= 11 is 0. The Balaban J connectivity index is 2.21. The lowest BCUT2D eigenvalue weighted by Crippen LogP contribution is -2.18. The first kappa shape index (κ1) is 15.0. The average molecular weight is 270 g/mol. The SMILES string of the molecule is CCCCC1=C(CCC)C(=O)CC(c2ccccc2)C1. The molecule has 20 heavy (non-hydrogen) atoms. The lowest BCUT2D eigenvalue weighted by atomic mass is 9.77. The predicted octanol–water partition coefficient (Wildman–Crippen LogP) is 5.42. The molecular formula is C19H26O. The third-order valence-electron chi connectivity index (χ3n) is 4.29. The van der Waals surface area contributed by atoms with Gasteiger partial charge in [-0.3, -0.25) is 4.79 Å². The van der Waals surface area contributed by atoms with Gasteiger partial charge < -0.3 is 0 Å². The molecule has 0 fully saturated rings. The Morgan fingerprint density at radius 1 is 1.00 bits per heavy atom. The van der Waals surface area contributed by atoms with Crippen molar-refractivity contribution in [3.8, 4) is 0 Å². The molecule has 2 rings (SSSR count). The topological polar surface area (TPSA) is 17.1 Å². The van der Waals surface area contributed by atoms with Crippen LogP contribution in [0.1, 0.15) is 70.3 Å². The van der Waals surface area contributed by atoms with Gasteiger partial charge in [-0.05, 0) is 42.7 Å². The quantitative estimate of drug-likeness (QED) is 0.674. The maximum Gasteiger partial charge on any atom is 0.159 e. The molecule has 0 N–H and O–H groups in total. The molecule has 0 bridgehead atoms. The molecular weight excluding hydrogens is 244 g/mol. The van der Waals surface area contributed by atoms with Crippen LogP contribution in [0.2, 0.25) is 0 Å². The van der Waals surface area contributed by atoms with E-state index in [0.717, 1.165) is 31.3 Å². The fraction of sp³-hybridized carbons (Fsp3) is 0.526. The highest BCUT2D eigenvalue weighted by Gasteiger charge is 2.27. The molecule has 0 saturated carbocycles. The summed E-state index contributed by atoms with van der Waals surface area (Å²) in [5, 5.41) is 0. The minimum atomic E-state index is 0.399. The third-order valence-corrected chi connectivity index (χ3v) is 4.29. The summed E-state index contributed by atoms with van der Waals surface area (Å²) in [7, 11) is 0. The van der Waals surface area contributed by atoms with Gasteiger partial charge in [0.2, 0.25) is 0 Å². The van der Waals surface area contributed by atoms with Crippen molar-refractivity contribution in [2.75, 3.05) is 0 Å². The molecule has 0 spiro atoms. The van der Waals surface area contributed by atoms with Crippen molar-refractivity contribution >= 4 is 5.78 Å². The molecule has 1 aliphatic carbocycles. The highest BCUT2D eigenvalue weighted by Crippen LogP contribution is 2.37. The molecule has 1 nitrogen and oxygen atoms in total. The van der Waals surface area contributed by atoms with Crippen LogP contribution >= 0.6 is 0 Å². The Hall–Kier alpha value is -1.37. The van der Waals surface area contributed by atoms with Crippen molar-refractivity contribution < 1.29 is 4.79 Å². The molecule has 1 aromatic carbocycles. The monoisotopic (exact) mass is 270 g/mol. The average Bonchev–Trinajstić information content (AvgIpc) is 2.48. The van der Waals surface area contributed by atoms with Crippen LogP contribution in [0.5, 0.6) is 0 Å². The Labute approximate surface area is 123 Å². The molecule has 1 aliphatic rings. The van der Waals surface area contributed by atoms with Crippen molar-refractivity contribution in [3.63, 3.8) is 0 Å². The zero-order valence-corrected chi connectivity index (χ0v) is 12.8. The molecule has 0 amide bonds. The molecule has 1 heteroatoms. The van der Waals surface area contributed by atoms with E-state index < -0.39 is 0 Å². The first-order valence-electron chi connectivity index (χ1n) is 8.05. The van der Waals surface area contributed by atoms with Crippen molar-refractivity contribution in [3.05, 3.63) is 47.0 Å². The smallest absolute Gasteiger partial charge is 0.159 e. The summed E-state index contributed by atoms with van der Waals surface area (Å²) < 4.78 is 0. The number of carbonyl (C=O) groups is 1. The van der Waals surface area contributed by atoms with Gasteiger partial charge in [0.1, 0.15) is 0 Å². The fourth-order valence-corrected chi connectivity index (χ4v) is 3.21. The number of benzene rings is 1. The number of carbonyl (C=O) groups excluding carboxylic acids is 1. The van der Waals surface area contributed by atoms with Gasteiger partial charge in [0.05, 0.1) is 0 Å².